The Bertz CT molecular complexity index is 1290. The summed E-state index contributed by atoms with van der Waals surface area (Å²) >= 11 is 3.41. The van der Waals surface area contributed by atoms with Crippen LogP contribution >= 0.6 is 15.9 Å². The molecule has 0 bridgehead atoms. The number of hydrogen-bond acceptors (Lipinski definition) is 3. The van der Waals surface area contributed by atoms with E-state index in [1.807, 2.05) is 18.2 Å². The second-order valence-corrected chi connectivity index (χ2v) is 7.01. The van der Waals surface area contributed by atoms with E-state index in [9.17, 15) is 9.18 Å². The molecule has 1 aromatic heterocycles. The third kappa shape index (κ3) is 2.92. The lowest BCUT2D eigenvalue weighted by atomic mass is 10.1. The highest BCUT2D eigenvalue weighted by molar-refractivity contribution is 9.10. The fourth-order valence-electron chi connectivity index (χ4n) is 3.16. The number of ether oxygens (including phenoxy) is 1. The van der Waals surface area contributed by atoms with Crippen LogP contribution in [-0.2, 0) is 0 Å². The van der Waals surface area contributed by atoms with Crippen molar-refractivity contribution in [2.45, 2.75) is 6.42 Å². The maximum atomic E-state index is 14.3. The van der Waals surface area contributed by atoms with Crippen LogP contribution < -0.4 is 10.3 Å². The third-order valence-electron chi connectivity index (χ3n) is 4.49. The van der Waals surface area contributed by atoms with Gasteiger partial charge in [0.2, 0.25) is 0 Å². The summed E-state index contributed by atoms with van der Waals surface area (Å²) in [5, 5.41) is 0.284. The van der Waals surface area contributed by atoms with E-state index in [-0.39, 0.29) is 16.7 Å². The molecule has 2 aromatic carbocycles. The summed E-state index contributed by atoms with van der Waals surface area (Å²) in [5.74, 6) is -0.0530. The zero-order chi connectivity index (χ0) is 19.8. The van der Waals surface area contributed by atoms with Crippen LogP contribution in [0, 0.1) is 12.4 Å². The van der Waals surface area contributed by atoms with Crippen LogP contribution in [0.5, 0.6) is 5.75 Å². The van der Waals surface area contributed by atoms with Gasteiger partial charge in [0.1, 0.15) is 5.82 Å². The van der Waals surface area contributed by atoms with Gasteiger partial charge in [0.05, 0.1) is 30.3 Å². The van der Waals surface area contributed by atoms with Crippen LogP contribution in [-0.4, -0.2) is 16.7 Å². The average molecular weight is 438 g/mol. The van der Waals surface area contributed by atoms with E-state index in [1.54, 1.807) is 12.1 Å². The van der Waals surface area contributed by atoms with Crippen molar-refractivity contribution >= 4 is 38.1 Å². The van der Waals surface area contributed by atoms with Gasteiger partial charge in [-0.05, 0) is 52.2 Å². The van der Waals surface area contributed by atoms with Crippen molar-refractivity contribution < 1.29 is 9.13 Å². The van der Waals surface area contributed by atoms with Gasteiger partial charge in [-0.3, -0.25) is 9.36 Å². The Morgan fingerprint density at radius 1 is 1.32 bits per heavy atom. The fraction of sp³-hybridized carbons (Fsp3) is 0.0952. The summed E-state index contributed by atoms with van der Waals surface area (Å²) < 4.78 is 21.3. The van der Waals surface area contributed by atoms with Crippen LogP contribution in [0.2, 0.25) is 0 Å². The molecule has 0 radical (unpaired) electrons. The molecule has 28 heavy (non-hydrogen) atoms. The van der Waals surface area contributed by atoms with Gasteiger partial charge in [-0.15, -0.1) is 0 Å². The molecule has 5 nitrogen and oxygen atoms in total. The van der Waals surface area contributed by atoms with E-state index in [1.165, 1.54) is 29.9 Å². The number of aromatic nitrogens is 2. The molecular formula is C21H13BrFN3O2. The quantitative estimate of drug-likeness (QED) is 0.529. The Morgan fingerprint density at radius 3 is 2.79 bits per heavy atom. The topological polar surface area (TPSA) is 48.5 Å². The Hall–Kier alpha value is -3.24. The van der Waals surface area contributed by atoms with Crippen molar-refractivity contribution in [3.8, 4) is 11.4 Å². The molecule has 3 aromatic rings. The molecule has 0 N–H and O–H groups in total. The van der Waals surface area contributed by atoms with E-state index >= 15 is 0 Å². The van der Waals surface area contributed by atoms with Crippen LogP contribution in [0.15, 0.2) is 57.8 Å². The number of nitrogens with zero attached hydrogens (tertiary/aromatic N) is 3. The first-order chi connectivity index (χ1) is 13.5. The minimum absolute atomic E-state index is 0.0897. The second kappa shape index (κ2) is 7.06. The monoisotopic (exact) mass is 437 g/mol. The Kier molecular flexibility index (Phi) is 4.57. The molecule has 1 heterocycles. The summed E-state index contributed by atoms with van der Waals surface area (Å²) in [4.78, 5) is 21.5. The first-order valence-electron chi connectivity index (χ1n) is 8.37. The summed E-state index contributed by atoms with van der Waals surface area (Å²) in [6.07, 6.45) is 6.35. The molecule has 1 aliphatic rings. The number of rotatable bonds is 3. The maximum Gasteiger partial charge on any atom is 0.264 e. The van der Waals surface area contributed by atoms with Crippen LogP contribution in [0.3, 0.4) is 0 Å². The highest BCUT2D eigenvalue weighted by atomic mass is 79.9. The van der Waals surface area contributed by atoms with Gasteiger partial charge in [-0.25, -0.2) is 14.2 Å². The minimum Gasteiger partial charge on any atom is -0.494 e. The molecule has 0 aliphatic heterocycles. The molecule has 7 heteroatoms. The van der Waals surface area contributed by atoms with Crippen molar-refractivity contribution in [1.82, 2.24) is 9.55 Å². The number of halogens is 2. The van der Waals surface area contributed by atoms with Gasteiger partial charge >= 0.3 is 0 Å². The zero-order valence-corrected chi connectivity index (χ0v) is 16.3. The first-order valence-corrected chi connectivity index (χ1v) is 9.16. The molecule has 0 saturated carbocycles. The van der Waals surface area contributed by atoms with Gasteiger partial charge < -0.3 is 4.74 Å². The lowest BCUT2D eigenvalue weighted by molar-refractivity contribution is 0.386. The van der Waals surface area contributed by atoms with Crippen molar-refractivity contribution in [2.24, 2.45) is 0 Å². The predicted molar refractivity (Wildman–Crippen MR) is 110 cm³/mol. The number of benzene rings is 2. The largest absolute Gasteiger partial charge is 0.494 e. The SMILES string of the molecule is [C-]#[N+]c1cc(Br)c2nc(C3=CC=CC3)n(-c3ccc(OC)c(F)c3)c(=O)c2c1. The molecule has 1 aliphatic carbocycles. The minimum atomic E-state index is -0.576. The van der Waals surface area contributed by atoms with E-state index < -0.39 is 5.82 Å². The molecule has 0 spiro atoms. The van der Waals surface area contributed by atoms with Gasteiger partial charge in [-0.2, -0.15) is 0 Å². The molecule has 0 amide bonds. The Morgan fingerprint density at radius 2 is 2.14 bits per heavy atom. The lowest BCUT2D eigenvalue weighted by Crippen LogP contribution is -2.24. The van der Waals surface area contributed by atoms with E-state index in [0.29, 0.717) is 33.6 Å². The predicted octanol–water partition coefficient (Wildman–Crippen LogP) is 5.19. The van der Waals surface area contributed by atoms with E-state index in [0.717, 1.165) is 5.57 Å². The van der Waals surface area contributed by atoms with Gasteiger partial charge in [0.25, 0.3) is 5.56 Å². The van der Waals surface area contributed by atoms with Crippen LogP contribution in [0.1, 0.15) is 12.2 Å². The summed E-state index contributed by atoms with van der Waals surface area (Å²) in [7, 11) is 1.38. The molecular weight excluding hydrogens is 425 g/mol. The molecule has 4 rings (SSSR count). The Balaban J connectivity index is 2.09. The van der Waals surface area contributed by atoms with Gasteiger partial charge in [0, 0.05) is 10.5 Å². The summed E-state index contributed by atoms with van der Waals surface area (Å²) in [5.41, 5.74) is 1.59. The number of methoxy groups -OCH3 is 1. The number of hydrogen-bond donors (Lipinski definition) is 0. The zero-order valence-electron chi connectivity index (χ0n) is 14.7. The van der Waals surface area contributed by atoms with E-state index in [4.69, 9.17) is 16.3 Å². The van der Waals surface area contributed by atoms with Crippen molar-refractivity contribution in [2.75, 3.05) is 7.11 Å². The van der Waals surface area contributed by atoms with Crippen molar-refractivity contribution in [1.29, 1.82) is 0 Å². The van der Waals surface area contributed by atoms with Gasteiger partial charge in [0.15, 0.2) is 17.3 Å². The Labute approximate surface area is 168 Å². The van der Waals surface area contributed by atoms with Gasteiger partial charge in [-0.1, -0.05) is 18.2 Å². The second-order valence-electron chi connectivity index (χ2n) is 6.15. The fourth-order valence-corrected chi connectivity index (χ4v) is 3.70. The standard InChI is InChI=1S/C21H13BrFN3O2/c1-24-13-9-15-19(16(22)10-13)25-20(12-5-3-4-6-12)26(21(15)27)14-7-8-18(28-2)17(23)11-14/h3-5,7-11H,6H2,2H3. The normalized spacial score (nSPS) is 12.9. The van der Waals surface area contributed by atoms with Crippen LogP contribution in [0.4, 0.5) is 10.1 Å². The number of fused-ring (bicyclic) bond motifs is 1. The first kappa shape index (κ1) is 18.1. The van der Waals surface area contributed by atoms with E-state index in [2.05, 4.69) is 20.8 Å². The lowest BCUT2D eigenvalue weighted by Gasteiger charge is -2.16. The molecule has 0 fully saturated rings. The average Bonchev–Trinajstić information content (AvgIpc) is 3.22. The highest BCUT2D eigenvalue weighted by Gasteiger charge is 2.19. The van der Waals surface area contributed by atoms with Crippen LogP contribution in [0.25, 0.3) is 27.0 Å². The summed E-state index contributed by atoms with van der Waals surface area (Å²) in [6, 6.07) is 7.46. The molecule has 0 saturated heterocycles. The molecule has 0 unspecified atom stereocenters. The van der Waals surface area contributed by atoms with Crippen molar-refractivity contribution in [3.63, 3.8) is 0 Å². The molecule has 0 atom stereocenters. The highest BCUT2D eigenvalue weighted by Crippen LogP contribution is 2.31. The smallest absolute Gasteiger partial charge is 0.264 e. The number of allylic oxidation sites excluding steroid dienone is 4. The van der Waals surface area contributed by atoms with Crippen molar-refractivity contribution in [3.05, 3.63) is 86.4 Å². The third-order valence-corrected chi connectivity index (χ3v) is 5.10. The summed E-state index contributed by atoms with van der Waals surface area (Å²) in [6.45, 7) is 7.25. The molecule has 138 valence electrons. The maximum absolute atomic E-state index is 14.3.